The Balaban J connectivity index is 1.49. The number of carbonyl (C=O) groups excluding carboxylic acids is 1. The van der Waals surface area contributed by atoms with Gasteiger partial charge in [0, 0.05) is 25.0 Å². The third kappa shape index (κ3) is 3.42. The van der Waals surface area contributed by atoms with E-state index in [2.05, 4.69) is 10.4 Å². The van der Waals surface area contributed by atoms with Gasteiger partial charge in [-0.3, -0.25) is 4.79 Å². The number of anilines is 1. The van der Waals surface area contributed by atoms with Gasteiger partial charge in [-0.2, -0.15) is 5.10 Å². The highest BCUT2D eigenvalue weighted by molar-refractivity contribution is 6.02. The number of benzene rings is 2. The minimum atomic E-state index is -0.177. The first-order valence-electron chi connectivity index (χ1n) is 8.41. The Kier molecular flexibility index (Phi) is 4.35. The number of para-hydroxylation sites is 1. The average Bonchev–Trinajstić information content (AvgIpc) is 3.33. The molecular weight excluding hydrogens is 324 g/mol. The average molecular weight is 342 g/mol. The van der Waals surface area contributed by atoms with Crippen molar-refractivity contribution in [2.24, 2.45) is 0 Å². The van der Waals surface area contributed by atoms with Crippen molar-refractivity contribution in [3.63, 3.8) is 0 Å². The second-order valence-electron chi connectivity index (χ2n) is 5.94. The Morgan fingerprint density at radius 1 is 0.846 bits per heavy atom. The van der Waals surface area contributed by atoms with Crippen molar-refractivity contribution in [3.05, 3.63) is 103 Å². The van der Waals surface area contributed by atoms with E-state index in [1.165, 1.54) is 0 Å². The summed E-state index contributed by atoms with van der Waals surface area (Å²) in [5.74, 6) is 0.343. The first kappa shape index (κ1) is 15.9. The lowest BCUT2D eigenvalue weighted by molar-refractivity contribution is 0.101. The predicted octanol–water partition coefficient (Wildman–Crippen LogP) is 3.97. The number of nitrogens with one attached hydrogen (secondary N) is 1. The highest BCUT2D eigenvalue weighted by atomic mass is 16.2. The molecule has 0 bridgehead atoms. The van der Waals surface area contributed by atoms with Crippen LogP contribution in [0.2, 0.25) is 0 Å². The van der Waals surface area contributed by atoms with Crippen LogP contribution in [0.25, 0.3) is 5.69 Å². The van der Waals surface area contributed by atoms with Crippen LogP contribution in [0.3, 0.4) is 0 Å². The largest absolute Gasteiger partial charge is 0.339 e. The molecule has 1 N–H and O–H groups in total. The van der Waals surface area contributed by atoms with Crippen LogP contribution in [-0.4, -0.2) is 20.3 Å². The number of carbonyl (C=O) groups is 1. The maximum absolute atomic E-state index is 12.7. The summed E-state index contributed by atoms with van der Waals surface area (Å²) >= 11 is 0. The van der Waals surface area contributed by atoms with E-state index in [1.54, 1.807) is 10.7 Å². The quantitative estimate of drug-likeness (QED) is 0.596. The fourth-order valence-electron chi connectivity index (χ4n) is 2.83. The number of hydrogen-bond acceptors (Lipinski definition) is 2. The maximum Gasteiger partial charge on any atom is 0.273 e. The molecule has 0 spiro atoms. The van der Waals surface area contributed by atoms with Gasteiger partial charge in [0.15, 0.2) is 5.82 Å². The van der Waals surface area contributed by atoms with Crippen LogP contribution in [0, 0.1) is 0 Å². The second-order valence-corrected chi connectivity index (χ2v) is 5.94. The van der Waals surface area contributed by atoms with Crippen LogP contribution in [0.4, 0.5) is 5.82 Å². The van der Waals surface area contributed by atoms with Gasteiger partial charge in [-0.25, -0.2) is 4.68 Å². The molecule has 0 aliphatic heterocycles. The molecule has 0 saturated carbocycles. The van der Waals surface area contributed by atoms with Crippen molar-refractivity contribution in [2.45, 2.75) is 6.54 Å². The van der Waals surface area contributed by atoms with E-state index >= 15 is 0 Å². The molecule has 26 heavy (non-hydrogen) atoms. The van der Waals surface area contributed by atoms with E-state index in [4.69, 9.17) is 0 Å². The van der Waals surface area contributed by atoms with Crippen LogP contribution in [0.5, 0.6) is 0 Å². The van der Waals surface area contributed by atoms with Gasteiger partial charge in [0.1, 0.15) is 5.69 Å². The number of aromatic nitrogens is 3. The lowest BCUT2D eigenvalue weighted by Crippen LogP contribution is -2.17. The van der Waals surface area contributed by atoms with Gasteiger partial charge in [0.05, 0.1) is 5.69 Å². The fourth-order valence-corrected chi connectivity index (χ4v) is 2.83. The first-order valence-corrected chi connectivity index (χ1v) is 8.41. The molecule has 0 atom stereocenters. The molecule has 0 saturated heterocycles. The monoisotopic (exact) mass is 342 g/mol. The van der Waals surface area contributed by atoms with E-state index in [9.17, 15) is 4.79 Å². The van der Waals surface area contributed by atoms with Gasteiger partial charge in [-0.05, 0) is 29.8 Å². The van der Waals surface area contributed by atoms with Crippen LogP contribution in [0.1, 0.15) is 16.1 Å². The summed E-state index contributed by atoms with van der Waals surface area (Å²) in [6.07, 6.45) is 3.73. The molecule has 4 rings (SSSR count). The number of nitrogens with zero attached hydrogens (tertiary/aromatic N) is 3. The van der Waals surface area contributed by atoms with Crippen molar-refractivity contribution < 1.29 is 4.79 Å². The highest BCUT2D eigenvalue weighted by Crippen LogP contribution is 2.13. The standard InChI is InChI=1S/C21H18N4O/c26-21(19-12-7-14-24(19)16-17-8-3-1-4-9-17)22-20-13-15-25(23-20)18-10-5-2-6-11-18/h1-15H,16H2,(H,22,23,26). The van der Waals surface area contributed by atoms with E-state index in [1.807, 2.05) is 89.8 Å². The molecule has 2 aromatic heterocycles. The summed E-state index contributed by atoms with van der Waals surface area (Å²) in [6, 6.07) is 25.3. The Labute approximate surface area is 151 Å². The minimum Gasteiger partial charge on any atom is -0.339 e. The van der Waals surface area contributed by atoms with Crippen molar-refractivity contribution in [3.8, 4) is 5.69 Å². The smallest absolute Gasteiger partial charge is 0.273 e. The van der Waals surface area contributed by atoms with Crippen LogP contribution < -0.4 is 5.32 Å². The van der Waals surface area contributed by atoms with E-state index < -0.39 is 0 Å². The van der Waals surface area contributed by atoms with Gasteiger partial charge in [0.2, 0.25) is 0 Å². The second kappa shape index (κ2) is 7.11. The van der Waals surface area contributed by atoms with Gasteiger partial charge >= 0.3 is 0 Å². The third-order valence-electron chi connectivity index (χ3n) is 4.11. The van der Waals surface area contributed by atoms with Gasteiger partial charge < -0.3 is 9.88 Å². The topological polar surface area (TPSA) is 51.9 Å². The molecule has 1 amide bonds. The summed E-state index contributed by atoms with van der Waals surface area (Å²) in [4.78, 5) is 12.7. The van der Waals surface area contributed by atoms with Crippen molar-refractivity contribution in [1.82, 2.24) is 14.3 Å². The SMILES string of the molecule is O=C(Nc1ccn(-c2ccccc2)n1)c1cccn1Cc1ccccc1. The molecule has 0 unspecified atom stereocenters. The van der Waals surface area contributed by atoms with Crippen LogP contribution >= 0.6 is 0 Å². The lowest BCUT2D eigenvalue weighted by atomic mass is 10.2. The molecule has 0 fully saturated rings. The van der Waals surface area contributed by atoms with Crippen LogP contribution in [-0.2, 0) is 6.54 Å². The summed E-state index contributed by atoms with van der Waals surface area (Å²) in [5.41, 5.74) is 2.69. The lowest BCUT2D eigenvalue weighted by Gasteiger charge is -2.09. The Morgan fingerprint density at radius 3 is 2.35 bits per heavy atom. The number of hydrogen-bond donors (Lipinski definition) is 1. The molecule has 128 valence electrons. The minimum absolute atomic E-state index is 0.177. The fraction of sp³-hybridized carbons (Fsp3) is 0.0476. The molecule has 2 heterocycles. The summed E-state index contributed by atoms with van der Waals surface area (Å²) in [5, 5.41) is 7.29. The zero-order valence-corrected chi connectivity index (χ0v) is 14.1. The first-order chi connectivity index (χ1) is 12.8. The normalized spacial score (nSPS) is 10.6. The molecule has 4 aromatic rings. The summed E-state index contributed by atoms with van der Waals surface area (Å²) in [6.45, 7) is 0.648. The predicted molar refractivity (Wildman–Crippen MR) is 101 cm³/mol. The van der Waals surface area contributed by atoms with Crippen molar-refractivity contribution in [2.75, 3.05) is 5.32 Å². The van der Waals surface area contributed by atoms with Gasteiger partial charge in [-0.15, -0.1) is 0 Å². The Morgan fingerprint density at radius 2 is 1.58 bits per heavy atom. The highest BCUT2D eigenvalue weighted by Gasteiger charge is 2.13. The molecule has 0 aliphatic carbocycles. The molecule has 5 heteroatoms. The molecule has 0 aliphatic rings. The van der Waals surface area contributed by atoms with Gasteiger partial charge in [-0.1, -0.05) is 48.5 Å². The summed E-state index contributed by atoms with van der Waals surface area (Å²) in [7, 11) is 0. The number of rotatable bonds is 5. The molecule has 5 nitrogen and oxygen atoms in total. The van der Waals surface area contributed by atoms with E-state index in [0.717, 1.165) is 11.3 Å². The zero-order valence-electron chi connectivity index (χ0n) is 14.1. The Bertz CT molecular complexity index is 1000. The molecular formula is C21H18N4O. The molecule has 2 aromatic carbocycles. The molecule has 0 radical (unpaired) electrons. The maximum atomic E-state index is 12.7. The van der Waals surface area contributed by atoms with E-state index in [-0.39, 0.29) is 5.91 Å². The summed E-state index contributed by atoms with van der Waals surface area (Å²) < 4.78 is 3.66. The number of amides is 1. The Hall–Kier alpha value is -3.60. The van der Waals surface area contributed by atoms with Crippen molar-refractivity contribution >= 4 is 11.7 Å². The van der Waals surface area contributed by atoms with E-state index in [0.29, 0.717) is 18.1 Å². The third-order valence-corrected chi connectivity index (χ3v) is 4.11. The van der Waals surface area contributed by atoms with Crippen molar-refractivity contribution in [1.29, 1.82) is 0 Å². The zero-order chi connectivity index (χ0) is 17.8. The van der Waals surface area contributed by atoms with Crippen LogP contribution in [0.15, 0.2) is 91.3 Å². The van der Waals surface area contributed by atoms with Gasteiger partial charge in [0.25, 0.3) is 5.91 Å².